The maximum Gasteiger partial charge on any atom is 0.255 e. The van der Waals surface area contributed by atoms with Gasteiger partial charge in [-0.05, 0) is 37.1 Å². The van der Waals surface area contributed by atoms with Crippen molar-refractivity contribution < 1.29 is 9.90 Å². The second-order valence-electron chi connectivity index (χ2n) is 4.57. The second-order valence-corrected chi connectivity index (χ2v) is 4.57. The minimum Gasteiger partial charge on any atom is -0.507 e. The summed E-state index contributed by atoms with van der Waals surface area (Å²) >= 11 is 0. The number of rotatable bonds is 3. The molecule has 98 valence electrons. The fourth-order valence-corrected chi connectivity index (χ4v) is 2.09. The van der Waals surface area contributed by atoms with E-state index in [0.717, 1.165) is 11.1 Å². The minimum atomic E-state index is -0.270. The Morgan fingerprint density at radius 2 is 1.74 bits per heavy atom. The van der Waals surface area contributed by atoms with Crippen molar-refractivity contribution in [3.05, 3.63) is 65.2 Å². The molecule has 2 aromatic rings. The molecular weight excluding hydrogens is 238 g/mol. The largest absolute Gasteiger partial charge is 0.507 e. The van der Waals surface area contributed by atoms with E-state index in [0.29, 0.717) is 5.56 Å². The summed E-state index contributed by atoms with van der Waals surface area (Å²) in [4.78, 5) is 12.1. The highest BCUT2D eigenvalue weighted by molar-refractivity contribution is 5.96. The Balaban J connectivity index is 2.16. The second kappa shape index (κ2) is 5.57. The van der Waals surface area contributed by atoms with Crippen LogP contribution in [0.25, 0.3) is 0 Å². The number of aromatic hydroxyl groups is 1. The van der Waals surface area contributed by atoms with Crippen LogP contribution in [0.2, 0.25) is 0 Å². The van der Waals surface area contributed by atoms with Gasteiger partial charge in [-0.3, -0.25) is 4.79 Å². The highest BCUT2D eigenvalue weighted by Gasteiger charge is 2.15. The maximum absolute atomic E-state index is 12.1. The minimum absolute atomic E-state index is 0.00279. The molecule has 0 radical (unpaired) electrons. The normalized spacial score (nSPS) is 11.9. The lowest BCUT2D eigenvalue weighted by Gasteiger charge is -2.16. The van der Waals surface area contributed by atoms with Crippen molar-refractivity contribution in [1.82, 2.24) is 5.32 Å². The van der Waals surface area contributed by atoms with Gasteiger partial charge in [0.25, 0.3) is 5.91 Å². The Morgan fingerprint density at radius 1 is 1.11 bits per heavy atom. The topological polar surface area (TPSA) is 49.3 Å². The molecule has 0 spiro atoms. The number of aryl methyl sites for hydroxylation is 1. The number of carbonyl (C=O) groups excluding carboxylic acids is 1. The van der Waals surface area contributed by atoms with Gasteiger partial charge in [0.1, 0.15) is 5.75 Å². The van der Waals surface area contributed by atoms with E-state index in [1.165, 1.54) is 6.07 Å². The third-order valence-corrected chi connectivity index (χ3v) is 3.15. The van der Waals surface area contributed by atoms with Crippen molar-refractivity contribution in [2.24, 2.45) is 0 Å². The number of hydrogen-bond acceptors (Lipinski definition) is 2. The molecule has 3 nitrogen and oxygen atoms in total. The van der Waals surface area contributed by atoms with Crippen molar-refractivity contribution in [3.63, 3.8) is 0 Å². The molecule has 1 amide bonds. The van der Waals surface area contributed by atoms with Crippen LogP contribution in [-0.2, 0) is 0 Å². The predicted octanol–water partition coefficient (Wildman–Crippen LogP) is 3.19. The van der Waals surface area contributed by atoms with E-state index in [4.69, 9.17) is 0 Å². The van der Waals surface area contributed by atoms with E-state index < -0.39 is 0 Å². The van der Waals surface area contributed by atoms with E-state index in [1.807, 2.05) is 38.1 Å². The van der Waals surface area contributed by atoms with Crippen molar-refractivity contribution >= 4 is 5.91 Å². The third kappa shape index (κ3) is 2.94. The van der Waals surface area contributed by atoms with Gasteiger partial charge in [-0.15, -0.1) is 0 Å². The van der Waals surface area contributed by atoms with Gasteiger partial charge in [0.05, 0.1) is 11.6 Å². The van der Waals surface area contributed by atoms with Crippen LogP contribution in [0.15, 0.2) is 48.5 Å². The van der Waals surface area contributed by atoms with Gasteiger partial charge in [0.2, 0.25) is 0 Å². The van der Waals surface area contributed by atoms with Gasteiger partial charge >= 0.3 is 0 Å². The summed E-state index contributed by atoms with van der Waals surface area (Å²) in [5.74, 6) is -0.272. The molecule has 0 unspecified atom stereocenters. The number of para-hydroxylation sites is 1. The van der Waals surface area contributed by atoms with Crippen LogP contribution in [0, 0.1) is 6.92 Å². The molecule has 0 heterocycles. The molecule has 2 N–H and O–H groups in total. The Labute approximate surface area is 112 Å². The van der Waals surface area contributed by atoms with E-state index in [-0.39, 0.29) is 17.7 Å². The third-order valence-electron chi connectivity index (χ3n) is 3.15. The lowest BCUT2D eigenvalue weighted by molar-refractivity contribution is 0.0937. The summed E-state index contributed by atoms with van der Waals surface area (Å²) in [7, 11) is 0. The maximum atomic E-state index is 12.1. The summed E-state index contributed by atoms with van der Waals surface area (Å²) in [6.07, 6.45) is 0. The molecule has 3 heteroatoms. The number of phenols is 1. The van der Waals surface area contributed by atoms with E-state index >= 15 is 0 Å². The van der Waals surface area contributed by atoms with Crippen LogP contribution in [-0.4, -0.2) is 11.0 Å². The van der Waals surface area contributed by atoms with Crippen LogP contribution in [0.3, 0.4) is 0 Å². The zero-order valence-electron chi connectivity index (χ0n) is 11.1. The first-order valence-corrected chi connectivity index (χ1v) is 6.24. The predicted molar refractivity (Wildman–Crippen MR) is 75.2 cm³/mol. The Kier molecular flexibility index (Phi) is 3.85. The lowest BCUT2D eigenvalue weighted by atomic mass is 10.0. The van der Waals surface area contributed by atoms with Crippen molar-refractivity contribution in [1.29, 1.82) is 0 Å². The summed E-state index contributed by atoms with van der Waals surface area (Å²) in [5.41, 5.74) is 2.50. The molecule has 0 aliphatic heterocycles. The van der Waals surface area contributed by atoms with Gasteiger partial charge in [-0.1, -0.05) is 36.4 Å². The first kappa shape index (κ1) is 13.1. The molecule has 0 saturated heterocycles. The van der Waals surface area contributed by atoms with Gasteiger partial charge in [-0.25, -0.2) is 0 Å². The van der Waals surface area contributed by atoms with Gasteiger partial charge in [-0.2, -0.15) is 0 Å². The van der Waals surface area contributed by atoms with Crippen molar-refractivity contribution in [2.75, 3.05) is 0 Å². The van der Waals surface area contributed by atoms with Crippen LogP contribution < -0.4 is 5.32 Å². The van der Waals surface area contributed by atoms with E-state index in [2.05, 4.69) is 5.32 Å². The molecule has 19 heavy (non-hydrogen) atoms. The standard InChI is InChI=1S/C16H17NO2/c1-11-7-3-4-8-13(11)12(2)17-16(19)14-9-5-6-10-15(14)18/h3-10,12,18H,1-2H3,(H,17,19)/t12-/m1/s1. The smallest absolute Gasteiger partial charge is 0.255 e. The average Bonchev–Trinajstić information content (AvgIpc) is 2.39. The number of hydrogen-bond donors (Lipinski definition) is 2. The molecular formula is C16H17NO2. The number of amides is 1. The molecule has 0 saturated carbocycles. The SMILES string of the molecule is Cc1ccccc1[C@@H](C)NC(=O)c1ccccc1O. The summed E-state index contributed by atoms with van der Waals surface area (Å²) in [6.45, 7) is 3.94. The first-order valence-electron chi connectivity index (χ1n) is 6.24. The summed E-state index contributed by atoms with van der Waals surface area (Å²) < 4.78 is 0. The van der Waals surface area contributed by atoms with E-state index in [9.17, 15) is 9.90 Å². The van der Waals surface area contributed by atoms with Gasteiger partial charge in [0.15, 0.2) is 0 Å². The Bertz CT molecular complexity index is 593. The molecule has 0 aromatic heterocycles. The molecule has 0 aliphatic rings. The zero-order valence-corrected chi connectivity index (χ0v) is 11.1. The average molecular weight is 255 g/mol. The molecule has 0 bridgehead atoms. The number of phenolic OH excluding ortho intramolecular Hbond substituents is 1. The Morgan fingerprint density at radius 3 is 2.42 bits per heavy atom. The molecule has 0 aliphatic carbocycles. The van der Waals surface area contributed by atoms with Gasteiger partial charge < -0.3 is 10.4 Å². The molecule has 1 atom stereocenters. The van der Waals surface area contributed by atoms with E-state index in [1.54, 1.807) is 18.2 Å². The summed E-state index contributed by atoms with van der Waals surface area (Å²) in [5, 5.41) is 12.6. The lowest BCUT2D eigenvalue weighted by Crippen LogP contribution is -2.27. The fraction of sp³-hybridized carbons (Fsp3) is 0.188. The zero-order chi connectivity index (χ0) is 13.8. The Hall–Kier alpha value is -2.29. The van der Waals surface area contributed by atoms with Crippen LogP contribution >= 0.6 is 0 Å². The highest BCUT2D eigenvalue weighted by Crippen LogP contribution is 2.20. The van der Waals surface area contributed by atoms with Crippen LogP contribution in [0.4, 0.5) is 0 Å². The molecule has 2 rings (SSSR count). The molecule has 2 aromatic carbocycles. The van der Waals surface area contributed by atoms with Crippen LogP contribution in [0.5, 0.6) is 5.75 Å². The van der Waals surface area contributed by atoms with Crippen LogP contribution in [0.1, 0.15) is 34.5 Å². The number of carbonyl (C=O) groups is 1. The van der Waals surface area contributed by atoms with Crippen molar-refractivity contribution in [3.8, 4) is 5.75 Å². The first-order chi connectivity index (χ1) is 9.09. The fourth-order valence-electron chi connectivity index (χ4n) is 2.09. The van der Waals surface area contributed by atoms with Gasteiger partial charge in [0, 0.05) is 0 Å². The summed E-state index contributed by atoms with van der Waals surface area (Å²) in [6, 6.07) is 14.4. The molecule has 0 fully saturated rings. The van der Waals surface area contributed by atoms with Crippen molar-refractivity contribution in [2.45, 2.75) is 19.9 Å². The highest BCUT2D eigenvalue weighted by atomic mass is 16.3. The number of benzene rings is 2. The quantitative estimate of drug-likeness (QED) is 0.885. The monoisotopic (exact) mass is 255 g/mol. The number of nitrogens with one attached hydrogen (secondary N) is 1.